The smallest absolute Gasteiger partial charge is 0.356 e. The predicted octanol–water partition coefficient (Wildman–Crippen LogP) is 0.802. The Morgan fingerprint density at radius 3 is 2.72 bits per heavy atom. The molecule has 0 aliphatic heterocycles. The lowest BCUT2D eigenvalue weighted by molar-refractivity contribution is 0.0687. The van der Waals surface area contributed by atoms with Crippen LogP contribution in [0.25, 0.3) is 0 Å². The molecule has 0 spiro atoms. The third-order valence-electron chi connectivity index (χ3n) is 1.73. The van der Waals surface area contributed by atoms with Crippen LogP contribution in [0.15, 0.2) is 9.72 Å². The summed E-state index contributed by atoms with van der Waals surface area (Å²) in [6, 6.07) is 0. The number of hydrogen-bond acceptors (Lipinski definition) is 8. The van der Waals surface area contributed by atoms with Crippen LogP contribution in [0.2, 0.25) is 0 Å². The van der Waals surface area contributed by atoms with Crippen LogP contribution in [-0.4, -0.2) is 34.7 Å². The molecule has 0 fully saturated rings. The Kier molecular flexibility index (Phi) is 3.28. The molecule has 2 aromatic heterocycles. The van der Waals surface area contributed by atoms with Crippen LogP contribution in [-0.2, 0) is 10.0 Å². The third kappa shape index (κ3) is 2.47. The summed E-state index contributed by atoms with van der Waals surface area (Å²) in [5.41, 5.74) is 0.650. The van der Waals surface area contributed by atoms with E-state index in [0.717, 1.165) is 28.2 Å². The van der Waals surface area contributed by atoms with Gasteiger partial charge in [0.05, 0.1) is 5.51 Å². The SMILES string of the molecule is Cc1nnc(NS(=O)(=O)c2scnc2C(=O)O)s1. The van der Waals surface area contributed by atoms with Gasteiger partial charge < -0.3 is 5.11 Å². The Morgan fingerprint density at radius 1 is 1.44 bits per heavy atom. The first kappa shape index (κ1) is 12.9. The van der Waals surface area contributed by atoms with E-state index in [1.54, 1.807) is 6.92 Å². The standard InChI is InChI=1S/C7H6N4O4S3/c1-3-9-10-7(17-3)11-18(14,15)6-4(5(12)13)8-2-16-6/h2H,1H3,(H,10,11)(H,12,13). The molecular formula is C7H6N4O4S3. The Bertz CT molecular complexity index is 689. The van der Waals surface area contributed by atoms with Gasteiger partial charge >= 0.3 is 5.97 Å². The lowest BCUT2D eigenvalue weighted by Gasteiger charge is -2.02. The molecule has 0 aliphatic carbocycles. The van der Waals surface area contributed by atoms with Crippen molar-refractivity contribution in [1.29, 1.82) is 0 Å². The number of aryl methyl sites for hydroxylation is 1. The topological polar surface area (TPSA) is 122 Å². The zero-order chi connectivity index (χ0) is 13.3. The molecule has 0 saturated heterocycles. The van der Waals surface area contributed by atoms with Crippen molar-refractivity contribution in [3.8, 4) is 0 Å². The number of anilines is 1. The van der Waals surface area contributed by atoms with E-state index >= 15 is 0 Å². The minimum absolute atomic E-state index is 0.0808. The number of aromatic nitrogens is 3. The molecule has 0 bridgehead atoms. The second kappa shape index (κ2) is 4.59. The molecule has 0 atom stereocenters. The molecule has 2 N–H and O–H groups in total. The fourth-order valence-electron chi connectivity index (χ4n) is 1.07. The maximum atomic E-state index is 11.9. The number of carboxylic acid groups (broad SMARTS) is 1. The van der Waals surface area contributed by atoms with Crippen LogP contribution >= 0.6 is 22.7 Å². The monoisotopic (exact) mass is 306 g/mol. The van der Waals surface area contributed by atoms with Crippen molar-refractivity contribution in [1.82, 2.24) is 15.2 Å². The van der Waals surface area contributed by atoms with Crippen molar-refractivity contribution >= 4 is 43.8 Å². The maximum absolute atomic E-state index is 11.9. The van der Waals surface area contributed by atoms with Crippen LogP contribution in [0.3, 0.4) is 0 Å². The second-order valence-corrected chi connectivity index (χ2v) is 6.94. The van der Waals surface area contributed by atoms with E-state index < -0.39 is 21.7 Å². The number of rotatable bonds is 4. The van der Waals surface area contributed by atoms with E-state index in [9.17, 15) is 13.2 Å². The number of carbonyl (C=O) groups is 1. The van der Waals surface area contributed by atoms with E-state index in [1.165, 1.54) is 0 Å². The molecule has 2 aromatic rings. The zero-order valence-electron chi connectivity index (χ0n) is 8.82. The van der Waals surface area contributed by atoms with Crippen molar-refractivity contribution in [2.75, 3.05) is 4.72 Å². The van der Waals surface area contributed by atoms with Gasteiger partial charge in [-0.25, -0.2) is 18.2 Å². The quantitative estimate of drug-likeness (QED) is 0.856. The van der Waals surface area contributed by atoms with Gasteiger partial charge in [0.15, 0.2) is 9.90 Å². The average Bonchev–Trinajstić information content (AvgIpc) is 2.86. The highest BCUT2D eigenvalue weighted by atomic mass is 32.2. The highest BCUT2D eigenvalue weighted by Crippen LogP contribution is 2.24. The number of sulfonamides is 1. The van der Waals surface area contributed by atoms with E-state index in [-0.39, 0.29) is 9.34 Å². The number of aromatic carboxylic acids is 1. The second-order valence-electron chi connectivity index (χ2n) is 3.03. The fourth-order valence-corrected chi connectivity index (χ4v) is 4.03. The van der Waals surface area contributed by atoms with Gasteiger partial charge in [0.25, 0.3) is 10.0 Å². The van der Waals surface area contributed by atoms with Crippen molar-refractivity contribution in [3.63, 3.8) is 0 Å². The van der Waals surface area contributed by atoms with Crippen molar-refractivity contribution in [2.24, 2.45) is 0 Å². The summed E-state index contributed by atoms with van der Waals surface area (Å²) in [5, 5.41) is 16.7. The lowest BCUT2D eigenvalue weighted by atomic mass is 10.5. The molecule has 11 heteroatoms. The molecule has 96 valence electrons. The van der Waals surface area contributed by atoms with Crippen LogP contribution in [0.1, 0.15) is 15.5 Å². The molecular weight excluding hydrogens is 300 g/mol. The Balaban J connectivity index is 2.37. The van der Waals surface area contributed by atoms with Gasteiger partial charge in [-0.15, -0.1) is 21.5 Å². The minimum atomic E-state index is -4.00. The highest BCUT2D eigenvalue weighted by Gasteiger charge is 2.26. The van der Waals surface area contributed by atoms with Gasteiger partial charge in [-0.3, -0.25) is 4.72 Å². The Labute approximate surface area is 109 Å². The van der Waals surface area contributed by atoms with Crippen LogP contribution in [0.5, 0.6) is 0 Å². The van der Waals surface area contributed by atoms with Gasteiger partial charge in [0, 0.05) is 0 Å². The lowest BCUT2D eigenvalue weighted by Crippen LogP contribution is -2.15. The largest absolute Gasteiger partial charge is 0.476 e. The summed E-state index contributed by atoms with van der Waals surface area (Å²) in [7, 11) is -4.00. The van der Waals surface area contributed by atoms with E-state index in [0.29, 0.717) is 5.01 Å². The zero-order valence-corrected chi connectivity index (χ0v) is 11.3. The van der Waals surface area contributed by atoms with Gasteiger partial charge in [0.2, 0.25) is 5.13 Å². The van der Waals surface area contributed by atoms with Crippen molar-refractivity contribution in [3.05, 3.63) is 16.2 Å². The first-order valence-electron chi connectivity index (χ1n) is 4.40. The van der Waals surface area contributed by atoms with Crippen LogP contribution in [0, 0.1) is 6.92 Å². The predicted molar refractivity (Wildman–Crippen MR) is 64.5 cm³/mol. The highest BCUT2D eigenvalue weighted by molar-refractivity contribution is 7.94. The molecule has 0 radical (unpaired) electrons. The van der Waals surface area contributed by atoms with Gasteiger partial charge in [-0.2, -0.15) is 0 Å². The molecule has 0 aliphatic rings. The number of hydrogen-bond donors (Lipinski definition) is 2. The maximum Gasteiger partial charge on any atom is 0.356 e. The normalized spacial score (nSPS) is 11.4. The van der Waals surface area contributed by atoms with Crippen LogP contribution in [0.4, 0.5) is 5.13 Å². The summed E-state index contributed by atoms with van der Waals surface area (Å²) in [5.74, 6) is -1.40. The summed E-state index contributed by atoms with van der Waals surface area (Å²) < 4.78 is 25.7. The molecule has 0 amide bonds. The van der Waals surface area contributed by atoms with Gasteiger partial charge in [0.1, 0.15) is 5.01 Å². The Hall–Kier alpha value is -1.59. The van der Waals surface area contributed by atoms with Crippen molar-refractivity contribution < 1.29 is 18.3 Å². The van der Waals surface area contributed by atoms with Gasteiger partial charge in [-0.05, 0) is 6.92 Å². The van der Waals surface area contributed by atoms with E-state index in [1.807, 2.05) is 0 Å². The minimum Gasteiger partial charge on any atom is -0.476 e. The molecule has 0 unspecified atom stereocenters. The molecule has 2 heterocycles. The van der Waals surface area contributed by atoms with E-state index in [2.05, 4.69) is 19.9 Å². The summed E-state index contributed by atoms with van der Waals surface area (Å²) in [4.78, 5) is 14.3. The molecule has 18 heavy (non-hydrogen) atoms. The number of nitrogens with one attached hydrogen (secondary N) is 1. The number of carboxylic acids is 1. The average molecular weight is 306 g/mol. The molecule has 8 nitrogen and oxygen atoms in total. The van der Waals surface area contributed by atoms with Gasteiger partial charge in [-0.1, -0.05) is 11.3 Å². The first-order valence-corrected chi connectivity index (χ1v) is 7.58. The number of thiazole rings is 1. The third-order valence-corrected chi connectivity index (χ3v) is 5.32. The molecule has 0 saturated carbocycles. The van der Waals surface area contributed by atoms with Crippen LogP contribution < -0.4 is 4.72 Å². The molecule has 0 aromatic carbocycles. The fraction of sp³-hybridized carbons (Fsp3) is 0.143. The summed E-state index contributed by atoms with van der Waals surface area (Å²) >= 11 is 1.78. The molecule has 2 rings (SSSR count). The Morgan fingerprint density at radius 2 is 2.17 bits per heavy atom. The van der Waals surface area contributed by atoms with E-state index in [4.69, 9.17) is 5.11 Å². The first-order chi connectivity index (χ1) is 8.40. The summed E-state index contributed by atoms with van der Waals surface area (Å²) in [6.45, 7) is 1.67. The number of nitrogens with zero attached hydrogens (tertiary/aromatic N) is 3. The van der Waals surface area contributed by atoms with Crippen molar-refractivity contribution in [2.45, 2.75) is 11.1 Å². The summed E-state index contributed by atoms with van der Waals surface area (Å²) in [6.07, 6.45) is 0.